The zero-order chi connectivity index (χ0) is 7.44. The molecule has 48 valence electrons. The predicted molar refractivity (Wildman–Crippen MR) is 27.3 cm³/mol. The van der Waals surface area contributed by atoms with Crippen molar-refractivity contribution in [2.45, 2.75) is 19.1 Å². The fraction of sp³-hybridized carbons (Fsp3) is 0.750. The molecule has 8 heavy (non-hydrogen) atoms. The Morgan fingerprint density at radius 2 is 2.50 bits per heavy atom. The van der Waals surface area contributed by atoms with Gasteiger partial charge in [-0.1, -0.05) is 0 Å². The molecule has 0 amide bonds. The second-order valence-electron chi connectivity index (χ2n) is 1.56. The standard InChI is InChI=1S/C4H9NO3/c1-2(6)3(5)4(7)8/h2-3,6H,5H2,1H3,(H,7,8)/t2-,3+/m1/s1/i/hT. The van der Waals surface area contributed by atoms with Gasteiger partial charge in [0.15, 0.2) is 0 Å². The molecule has 0 aromatic heterocycles. The molecule has 0 aromatic carbocycles. The number of aliphatic hydroxyl groups excluding tert-OH is 1. The van der Waals surface area contributed by atoms with E-state index in [1.54, 1.807) is 5.73 Å². The summed E-state index contributed by atoms with van der Waals surface area (Å²) in [5, 5.41) is 16.8. The molecular weight excluding hydrogens is 110 g/mol. The van der Waals surface area contributed by atoms with E-state index in [4.69, 9.17) is 11.6 Å². The number of nitrogens with two attached hydrogens (primary N) is 1. The van der Waals surface area contributed by atoms with Crippen molar-refractivity contribution in [1.82, 2.24) is 0 Å². The normalized spacial score (nSPS) is 19.0. The van der Waals surface area contributed by atoms with Crippen molar-refractivity contribution >= 4 is 5.97 Å². The van der Waals surface area contributed by atoms with E-state index in [2.05, 4.69) is 0 Å². The summed E-state index contributed by atoms with van der Waals surface area (Å²) < 4.78 is 6.43. The summed E-state index contributed by atoms with van der Waals surface area (Å²) in [6.45, 7) is 1.31. The van der Waals surface area contributed by atoms with Crippen molar-refractivity contribution in [3.63, 3.8) is 0 Å². The summed E-state index contributed by atoms with van der Waals surface area (Å²) >= 11 is 0. The van der Waals surface area contributed by atoms with Crippen LogP contribution in [0.1, 0.15) is 6.92 Å². The van der Waals surface area contributed by atoms with E-state index in [9.17, 15) is 4.79 Å². The minimum atomic E-state index is -1.22. The van der Waals surface area contributed by atoms with Crippen LogP contribution in [0.5, 0.6) is 0 Å². The Morgan fingerprint density at radius 1 is 2.00 bits per heavy atom. The SMILES string of the molecule is [3H]N[C@H](C(=O)O)[C@@H](C)O. The van der Waals surface area contributed by atoms with E-state index in [0.29, 0.717) is 0 Å². The molecule has 0 bridgehead atoms. The zero-order valence-corrected chi connectivity index (χ0v) is 4.46. The molecule has 0 aliphatic rings. The lowest BCUT2D eigenvalue weighted by Gasteiger charge is -2.06. The third kappa shape index (κ3) is 1.90. The first-order valence-electron chi connectivity index (χ1n) is 2.67. The Bertz CT molecular complexity index is 106. The molecule has 4 N–H and O–H groups in total. The van der Waals surface area contributed by atoms with E-state index in [-0.39, 0.29) is 0 Å². The number of carboxylic acids is 1. The topological polar surface area (TPSA) is 83.6 Å². The molecule has 0 unspecified atom stereocenters. The van der Waals surface area contributed by atoms with Crippen LogP contribution in [0, 0.1) is 0 Å². The summed E-state index contributed by atoms with van der Waals surface area (Å²) in [5.74, 6) is -1.22. The van der Waals surface area contributed by atoms with Gasteiger partial charge >= 0.3 is 5.97 Å². The van der Waals surface area contributed by atoms with Gasteiger partial charge in [-0.3, -0.25) is 4.79 Å². The third-order valence-electron chi connectivity index (χ3n) is 0.748. The molecule has 0 rings (SSSR count). The molecular formula is C4H9NO3. The largest absolute Gasteiger partial charge is 0.480 e. The van der Waals surface area contributed by atoms with E-state index in [1.807, 2.05) is 0 Å². The smallest absolute Gasteiger partial charge is 0.323 e. The fourth-order valence-electron chi connectivity index (χ4n) is 0.206. The molecule has 2 atom stereocenters. The molecule has 0 fully saturated rings. The number of hydrogen-bond donors (Lipinski definition) is 3. The van der Waals surface area contributed by atoms with Gasteiger partial charge in [-0.25, -0.2) is 0 Å². The Balaban J connectivity index is 3.83. The Kier molecular flexibility index (Phi) is 1.82. The number of aliphatic carboxylic acids is 1. The lowest BCUT2D eigenvalue weighted by Crippen LogP contribution is -2.39. The minimum absolute atomic E-state index is 1.04. The van der Waals surface area contributed by atoms with Gasteiger partial charge in [0.05, 0.1) is 6.10 Å². The quantitative estimate of drug-likeness (QED) is 0.437. The molecule has 0 saturated carbocycles. The highest BCUT2D eigenvalue weighted by molar-refractivity contribution is 5.73. The van der Waals surface area contributed by atoms with Gasteiger partial charge in [-0.05, 0) is 6.92 Å². The van der Waals surface area contributed by atoms with E-state index >= 15 is 0 Å². The van der Waals surface area contributed by atoms with Crippen molar-refractivity contribution < 1.29 is 16.4 Å². The van der Waals surface area contributed by atoms with E-state index in [1.165, 1.54) is 6.92 Å². The number of carbonyl (C=O) groups is 1. The fourth-order valence-corrected chi connectivity index (χ4v) is 0.206. The summed E-state index contributed by atoms with van der Waals surface area (Å²) in [7, 11) is 0. The summed E-state index contributed by atoms with van der Waals surface area (Å²) in [6, 6.07) is -1.19. The summed E-state index contributed by atoms with van der Waals surface area (Å²) in [4.78, 5) is 10.0. The third-order valence-corrected chi connectivity index (χ3v) is 0.748. The average Bonchev–Trinajstić information content (AvgIpc) is 1.64. The van der Waals surface area contributed by atoms with Gasteiger partial charge in [0.25, 0.3) is 0 Å². The molecule has 0 aliphatic carbocycles. The number of rotatable bonds is 3. The molecule has 0 aliphatic heterocycles. The van der Waals surface area contributed by atoms with Crippen LogP contribution in [0.2, 0.25) is 1.41 Å². The molecule has 0 heterocycles. The first-order chi connectivity index (χ1) is 4.09. The number of hydrogen-bond acceptors (Lipinski definition) is 3. The van der Waals surface area contributed by atoms with Crippen LogP contribution in [0.15, 0.2) is 0 Å². The number of aliphatic hydroxyl groups is 1. The molecule has 4 nitrogen and oxygen atoms in total. The average molecular weight is 121 g/mol. The minimum Gasteiger partial charge on any atom is -0.480 e. The van der Waals surface area contributed by atoms with Crippen LogP contribution >= 0.6 is 0 Å². The van der Waals surface area contributed by atoms with Crippen LogP contribution in [-0.4, -0.2) is 28.3 Å². The monoisotopic (exact) mass is 121 g/mol. The van der Waals surface area contributed by atoms with E-state index in [0.717, 1.165) is 0 Å². The molecule has 0 spiro atoms. The highest BCUT2D eigenvalue weighted by atomic mass is 16.4. The van der Waals surface area contributed by atoms with Gasteiger partial charge in [0, 0.05) is 0 Å². The van der Waals surface area contributed by atoms with Crippen molar-refractivity contribution in [3.8, 4) is 0 Å². The van der Waals surface area contributed by atoms with Gasteiger partial charge in [0.2, 0.25) is 0 Å². The van der Waals surface area contributed by atoms with Crippen LogP contribution < -0.4 is 5.73 Å². The predicted octanol–water partition coefficient (Wildman–Crippen LogP) is -1.22. The van der Waals surface area contributed by atoms with Crippen LogP contribution in [0.25, 0.3) is 0 Å². The first kappa shape index (κ1) is 5.53. The van der Waals surface area contributed by atoms with Crippen molar-refractivity contribution in [1.29, 1.82) is 0 Å². The van der Waals surface area contributed by atoms with E-state index < -0.39 is 18.1 Å². The Labute approximate surface area is 48.4 Å². The molecule has 0 radical (unpaired) electrons. The molecule has 0 saturated heterocycles. The van der Waals surface area contributed by atoms with Gasteiger partial charge < -0.3 is 15.9 Å². The van der Waals surface area contributed by atoms with Crippen LogP contribution in [-0.2, 0) is 4.79 Å². The highest BCUT2D eigenvalue weighted by Gasteiger charge is 2.16. The summed E-state index contributed by atoms with van der Waals surface area (Å²) in [6.07, 6.45) is -1.04. The second kappa shape index (κ2) is 2.64. The zero-order valence-electron chi connectivity index (χ0n) is 5.46. The van der Waals surface area contributed by atoms with Crippen LogP contribution in [0.3, 0.4) is 0 Å². The lowest BCUT2D eigenvalue weighted by atomic mass is 10.2. The van der Waals surface area contributed by atoms with Gasteiger partial charge in [-0.2, -0.15) is 0 Å². The van der Waals surface area contributed by atoms with Crippen molar-refractivity contribution in [3.05, 3.63) is 0 Å². The van der Waals surface area contributed by atoms with Gasteiger partial charge in [0.1, 0.15) is 7.45 Å². The molecule has 0 aromatic rings. The van der Waals surface area contributed by atoms with Crippen molar-refractivity contribution in [2.24, 2.45) is 5.73 Å². The first-order valence-corrected chi connectivity index (χ1v) is 2.17. The lowest BCUT2D eigenvalue weighted by molar-refractivity contribution is -0.140. The second-order valence-corrected chi connectivity index (χ2v) is 1.56. The maximum absolute atomic E-state index is 10.0. The maximum atomic E-state index is 10.0. The highest BCUT2D eigenvalue weighted by Crippen LogP contribution is 1.85. The molecule has 4 heteroatoms. The Morgan fingerprint density at radius 3 is 2.50 bits per heavy atom. The van der Waals surface area contributed by atoms with Crippen molar-refractivity contribution in [2.75, 3.05) is 0 Å². The van der Waals surface area contributed by atoms with Gasteiger partial charge in [-0.15, -0.1) is 0 Å². The maximum Gasteiger partial charge on any atom is 0.323 e. The summed E-state index contributed by atoms with van der Waals surface area (Å²) in [5.41, 5.74) is 1.70. The van der Waals surface area contributed by atoms with Crippen LogP contribution in [0.4, 0.5) is 0 Å². The number of carboxylic acid groups (broad SMARTS) is 1. The Hall–Kier alpha value is -0.610.